The number of nitrogens with one attached hydrogen (secondary N) is 1. The quantitative estimate of drug-likeness (QED) is 0.847. The molecule has 4 nitrogen and oxygen atoms in total. The summed E-state index contributed by atoms with van der Waals surface area (Å²) in [6.07, 6.45) is -0.606. The minimum Gasteiger partial charge on any atom is -0.367 e. The second kappa shape index (κ2) is 8.25. The van der Waals surface area contributed by atoms with Crippen molar-refractivity contribution in [1.29, 1.82) is 0 Å². The first kappa shape index (κ1) is 18.9. The normalized spacial score (nSPS) is 15.1. The third kappa shape index (κ3) is 4.47. The molecular formula is C15H25ClN2O2. The highest BCUT2D eigenvalue weighted by Crippen LogP contribution is 2.20. The van der Waals surface area contributed by atoms with Crippen molar-refractivity contribution in [2.45, 2.75) is 32.4 Å². The highest BCUT2D eigenvalue weighted by atomic mass is 35.5. The number of hydrogen-bond donors (Lipinski definition) is 2. The van der Waals surface area contributed by atoms with E-state index in [-0.39, 0.29) is 24.2 Å². The number of halogens is 1. The lowest BCUT2D eigenvalue weighted by atomic mass is 9.88. The van der Waals surface area contributed by atoms with Gasteiger partial charge < -0.3 is 15.8 Å². The van der Waals surface area contributed by atoms with E-state index in [1.165, 1.54) is 7.11 Å². The van der Waals surface area contributed by atoms with Gasteiger partial charge in [0.1, 0.15) is 0 Å². The molecule has 2 unspecified atom stereocenters. The molecule has 1 amide bonds. The van der Waals surface area contributed by atoms with Crippen LogP contribution in [0.4, 0.5) is 0 Å². The van der Waals surface area contributed by atoms with Crippen molar-refractivity contribution >= 4 is 18.3 Å². The Kier molecular flexibility index (Phi) is 7.79. The molecule has 0 aliphatic rings. The van der Waals surface area contributed by atoms with Gasteiger partial charge in [-0.25, -0.2) is 0 Å². The number of methoxy groups -OCH3 is 1. The fourth-order valence-corrected chi connectivity index (χ4v) is 1.80. The summed E-state index contributed by atoms with van der Waals surface area (Å²) in [7, 11) is 1.53. The third-order valence-electron chi connectivity index (χ3n) is 3.68. The van der Waals surface area contributed by atoms with Gasteiger partial charge in [-0.1, -0.05) is 44.2 Å². The first-order valence-electron chi connectivity index (χ1n) is 6.54. The molecule has 1 aromatic carbocycles. The molecule has 2 atom stereocenters. The van der Waals surface area contributed by atoms with Crippen molar-refractivity contribution in [1.82, 2.24) is 5.32 Å². The van der Waals surface area contributed by atoms with Gasteiger partial charge in [-0.15, -0.1) is 12.4 Å². The monoisotopic (exact) mass is 300 g/mol. The number of carbonyl (C=O) groups excluding carboxylic acids is 1. The van der Waals surface area contributed by atoms with Crippen molar-refractivity contribution in [2.75, 3.05) is 13.7 Å². The Morgan fingerprint density at radius 1 is 1.35 bits per heavy atom. The lowest BCUT2D eigenvalue weighted by Gasteiger charge is -2.34. The molecule has 0 bridgehead atoms. The van der Waals surface area contributed by atoms with Gasteiger partial charge in [0.2, 0.25) is 0 Å². The lowest BCUT2D eigenvalue weighted by Crippen LogP contribution is -2.56. The van der Waals surface area contributed by atoms with Gasteiger partial charge in [0.25, 0.3) is 5.91 Å². The molecule has 114 valence electrons. The Bertz CT molecular complexity index is 412. The molecule has 5 heteroatoms. The summed E-state index contributed by atoms with van der Waals surface area (Å²) >= 11 is 0. The second-order valence-electron chi connectivity index (χ2n) is 5.29. The van der Waals surface area contributed by atoms with Crippen LogP contribution in [0.5, 0.6) is 0 Å². The van der Waals surface area contributed by atoms with E-state index in [0.29, 0.717) is 6.54 Å². The zero-order chi connectivity index (χ0) is 14.5. The van der Waals surface area contributed by atoms with Crippen molar-refractivity contribution in [3.63, 3.8) is 0 Å². The molecule has 3 N–H and O–H groups in total. The fourth-order valence-electron chi connectivity index (χ4n) is 1.80. The molecule has 0 fully saturated rings. The van der Waals surface area contributed by atoms with Gasteiger partial charge in [0.15, 0.2) is 6.10 Å². The van der Waals surface area contributed by atoms with Crippen molar-refractivity contribution in [2.24, 2.45) is 11.7 Å². The summed E-state index contributed by atoms with van der Waals surface area (Å²) in [5, 5.41) is 3.00. The summed E-state index contributed by atoms with van der Waals surface area (Å²) in [6, 6.07) is 9.44. The van der Waals surface area contributed by atoms with Crippen molar-refractivity contribution in [3.8, 4) is 0 Å². The first-order valence-corrected chi connectivity index (χ1v) is 6.54. The minimum atomic E-state index is -0.606. The third-order valence-corrected chi connectivity index (χ3v) is 3.68. The van der Waals surface area contributed by atoms with E-state index in [4.69, 9.17) is 10.5 Å². The van der Waals surface area contributed by atoms with E-state index in [2.05, 4.69) is 5.32 Å². The summed E-state index contributed by atoms with van der Waals surface area (Å²) in [4.78, 5) is 12.4. The van der Waals surface area contributed by atoms with Gasteiger partial charge in [-0.05, 0) is 18.4 Å². The first-order chi connectivity index (χ1) is 8.94. The highest BCUT2D eigenvalue weighted by Gasteiger charge is 2.31. The molecular weight excluding hydrogens is 276 g/mol. The maximum Gasteiger partial charge on any atom is 0.254 e. The van der Waals surface area contributed by atoms with Gasteiger partial charge in [0, 0.05) is 13.7 Å². The number of hydrogen-bond acceptors (Lipinski definition) is 3. The number of nitrogens with two attached hydrogens (primary N) is 1. The van der Waals surface area contributed by atoms with Crippen LogP contribution in [0.25, 0.3) is 0 Å². The largest absolute Gasteiger partial charge is 0.367 e. The molecule has 0 aliphatic heterocycles. The molecule has 0 radical (unpaired) electrons. The zero-order valence-electron chi connectivity index (χ0n) is 12.6. The number of carbonyl (C=O) groups is 1. The van der Waals surface area contributed by atoms with Crippen LogP contribution < -0.4 is 11.1 Å². The van der Waals surface area contributed by atoms with Gasteiger partial charge in [-0.3, -0.25) is 4.79 Å². The Labute approximate surface area is 127 Å². The molecule has 0 saturated heterocycles. The topological polar surface area (TPSA) is 64.3 Å². The van der Waals surface area contributed by atoms with E-state index in [0.717, 1.165) is 5.56 Å². The predicted molar refractivity (Wildman–Crippen MR) is 83.9 cm³/mol. The van der Waals surface area contributed by atoms with E-state index in [1.807, 2.05) is 51.1 Å². The molecule has 0 heterocycles. The van der Waals surface area contributed by atoms with Crippen LogP contribution in [0.1, 0.15) is 32.4 Å². The van der Waals surface area contributed by atoms with Crippen LogP contribution in [-0.2, 0) is 9.53 Å². The maximum atomic E-state index is 12.4. The number of amides is 1. The average molecular weight is 301 g/mol. The number of ether oxygens (including phenoxy) is 1. The summed E-state index contributed by atoms with van der Waals surface area (Å²) in [6.45, 7) is 6.42. The Morgan fingerprint density at radius 3 is 2.30 bits per heavy atom. The molecule has 20 heavy (non-hydrogen) atoms. The molecule has 0 spiro atoms. The minimum absolute atomic E-state index is 0. The van der Waals surface area contributed by atoms with Crippen LogP contribution in [0.2, 0.25) is 0 Å². The van der Waals surface area contributed by atoms with Crippen LogP contribution in [0.3, 0.4) is 0 Å². The van der Waals surface area contributed by atoms with Crippen LogP contribution >= 0.6 is 12.4 Å². The molecule has 0 aromatic heterocycles. The van der Waals surface area contributed by atoms with Crippen molar-refractivity contribution < 1.29 is 9.53 Å². The van der Waals surface area contributed by atoms with Crippen LogP contribution in [-0.4, -0.2) is 25.1 Å². The molecule has 1 rings (SSSR count). The van der Waals surface area contributed by atoms with Gasteiger partial charge >= 0.3 is 0 Å². The molecule has 0 aliphatic carbocycles. The Hall–Kier alpha value is -1.10. The molecule has 0 saturated carbocycles. The maximum absolute atomic E-state index is 12.4. The van der Waals surface area contributed by atoms with Crippen LogP contribution in [0.15, 0.2) is 30.3 Å². The Morgan fingerprint density at radius 2 is 1.90 bits per heavy atom. The lowest BCUT2D eigenvalue weighted by molar-refractivity contribution is -0.133. The smallest absolute Gasteiger partial charge is 0.254 e. The average Bonchev–Trinajstić information content (AvgIpc) is 2.40. The predicted octanol–water partition coefficient (Wildman–Crippen LogP) is 2.29. The van der Waals surface area contributed by atoms with Gasteiger partial charge in [-0.2, -0.15) is 0 Å². The van der Waals surface area contributed by atoms with E-state index in [1.54, 1.807) is 0 Å². The zero-order valence-corrected chi connectivity index (χ0v) is 13.4. The highest BCUT2D eigenvalue weighted by molar-refractivity contribution is 5.85. The van der Waals surface area contributed by atoms with E-state index >= 15 is 0 Å². The second-order valence-corrected chi connectivity index (χ2v) is 5.29. The van der Waals surface area contributed by atoms with E-state index in [9.17, 15) is 4.79 Å². The summed E-state index contributed by atoms with van der Waals surface area (Å²) < 4.78 is 5.32. The van der Waals surface area contributed by atoms with Crippen LogP contribution in [0, 0.1) is 5.92 Å². The summed E-state index contributed by atoms with van der Waals surface area (Å²) in [5.74, 6) is 0.0880. The fraction of sp³-hybridized carbons (Fsp3) is 0.533. The Balaban J connectivity index is 0.00000361. The van der Waals surface area contributed by atoms with E-state index < -0.39 is 11.6 Å². The van der Waals surface area contributed by atoms with Gasteiger partial charge in [0.05, 0.1) is 5.54 Å². The number of rotatable bonds is 6. The number of benzene rings is 1. The molecule has 1 aromatic rings. The standard InChI is InChI=1S/C15H24N2O2.ClH/c1-11(2)15(3,10-16)17-14(18)13(19-4)12-8-6-5-7-9-12;/h5-9,11,13H,10,16H2,1-4H3,(H,17,18);1H. The SMILES string of the molecule is COC(C(=O)NC(C)(CN)C(C)C)c1ccccc1.Cl. The van der Waals surface area contributed by atoms with Crippen molar-refractivity contribution in [3.05, 3.63) is 35.9 Å². The summed E-state index contributed by atoms with van der Waals surface area (Å²) in [5.41, 5.74) is 6.19.